The summed E-state index contributed by atoms with van der Waals surface area (Å²) in [4.78, 5) is 4.16. The lowest BCUT2D eigenvalue weighted by molar-refractivity contribution is 0.0286. The van der Waals surface area contributed by atoms with Gasteiger partial charge in [-0.1, -0.05) is 20.3 Å². The molecule has 0 aliphatic carbocycles. The summed E-state index contributed by atoms with van der Waals surface area (Å²) >= 11 is 0. The van der Waals surface area contributed by atoms with E-state index in [9.17, 15) is 0 Å². The third-order valence-electron chi connectivity index (χ3n) is 3.25. The second kappa shape index (κ2) is 8.88. The summed E-state index contributed by atoms with van der Waals surface area (Å²) in [7, 11) is 0. The van der Waals surface area contributed by atoms with Gasteiger partial charge in [-0.25, -0.2) is 0 Å². The van der Waals surface area contributed by atoms with E-state index in [1.54, 1.807) is 6.20 Å². The van der Waals surface area contributed by atoms with E-state index in [2.05, 4.69) is 24.1 Å². The van der Waals surface area contributed by atoms with Crippen LogP contribution in [0.2, 0.25) is 0 Å². The molecule has 0 bridgehead atoms. The zero-order valence-corrected chi connectivity index (χ0v) is 12.4. The van der Waals surface area contributed by atoms with Crippen molar-refractivity contribution in [1.29, 1.82) is 0 Å². The summed E-state index contributed by atoms with van der Waals surface area (Å²) < 4.78 is 5.89. The Labute approximate surface area is 116 Å². The molecule has 0 aliphatic rings. The Morgan fingerprint density at radius 2 is 2.16 bits per heavy atom. The highest BCUT2D eigenvalue weighted by Crippen LogP contribution is 2.16. The first-order chi connectivity index (χ1) is 9.22. The van der Waals surface area contributed by atoms with Crippen molar-refractivity contribution in [2.24, 2.45) is 0 Å². The second-order valence-corrected chi connectivity index (χ2v) is 4.73. The smallest absolute Gasteiger partial charge is 0.0731 e. The van der Waals surface area contributed by atoms with Crippen LogP contribution in [0.25, 0.3) is 0 Å². The third-order valence-corrected chi connectivity index (χ3v) is 3.25. The minimum Gasteiger partial charge on any atom is -0.398 e. The summed E-state index contributed by atoms with van der Waals surface area (Å²) in [6.07, 6.45) is 6.86. The van der Waals surface area contributed by atoms with Crippen LogP contribution in [0.4, 0.5) is 5.69 Å². The average molecular weight is 265 g/mol. The molecule has 2 atom stereocenters. The number of nitrogens with two attached hydrogens (primary N) is 1. The van der Waals surface area contributed by atoms with Gasteiger partial charge in [-0.15, -0.1) is 0 Å². The van der Waals surface area contributed by atoms with Crippen molar-refractivity contribution < 1.29 is 4.74 Å². The number of ether oxygens (including phenoxy) is 1. The number of rotatable bonds is 9. The Balaban J connectivity index is 2.77. The number of hydrogen-bond acceptors (Lipinski definition) is 4. The summed E-state index contributed by atoms with van der Waals surface area (Å²) in [5.74, 6) is 0. The van der Waals surface area contributed by atoms with Crippen molar-refractivity contribution in [2.75, 3.05) is 18.9 Å². The second-order valence-electron chi connectivity index (χ2n) is 4.73. The summed E-state index contributed by atoms with van der Waals surface area (Å²) in [5, 5.41) is 3.52. The lowest BCUT2D eigenvalue weighted by Gasteiger charge is -2.28. The molecule has 0 saturated carbocycles. The zero-order chi connectivity index (χ0) is 14.1. The standard InChI is InChI=1S/C15H27N3O/c1-4-7-15(19-6-3)14(18-5-2)10-12-11-17-9-8-13(12)16/h8-9,11,14-15,18H,4-7,10H2,1-3H3,(H2,16,17). The van der Waals surface area contributed by atoms with Crippen molar-refractivity contribution in [3.8, 4) is 0 Å². The predicted molar refractivity (Wildman–Crippen MR) is 80.1 cm³/mol. The van der Waals surface area contributed by atoms with E-state index in [4.69, 9.17) is 10.5 Å². The van der Waals surface area contributed by atoms with E-state index in [0.717, 1.165) is 43.7 Å². The first kappa shape index (κ1) is 15.9. The van der Waals surface area contributed by atoms with Crippen LogP contribution < -0.4 is 11.1 Å². The van der Waals surface area contributed by atoms with Crippen LogP contribution in [-0.4, -0.2) is 30.3 Å². The fourth-order valence-electron chi connectivity index (χ4n) is 2.34. The molecule has 19 heavy (non-hydrogen) atoms. The number of pyridine rings is 1. The molecule has 0 aliphatic heterocycles. The van der Waals surface area contributed by atoms with Crippen molar-refractivity contribution in [3.63, 3.8) is 0 Å². The molecule has 0 aromatic carbocycles. The number of nitrogens with one attached hydrogen (secondary N) is 1. The van der Waals surface area contributed by atoms with E-state index in [0.29, 0.717) is 0 Å². The molecule has 0 fully saturated rings. The van der Waals surface area contributed by atoms with Crippen LogP contribution in [0, 0.1) is 0 Å². The summed E-state index contributed by atoms with van der Waals surface area (Å²) in [6, 6.07) is 2.14. The minimum absolute atomic E-state index is 0.231. The number of aromatic nitrogens is 1. The molecule has 1 rings (SSSR count). The van der Waals surface area contributed by atoms with Crippen LogP contribution in [0.1, 0.15) is 39.2 Å². The molecule has 0 saturated heterocycles. The Bertz CT molecular complexity index is 351. The zero-order valence-electron chi connectivity index (χ0n) is 12.4. The molecule has 0 radical (unpaired) electrons. The monoisotopic (exact) mass is 265 g/mol. The first-order valence-electron chi connectivity index (χ1n) is 7.26. The number of anilines is 1. The van der Waals surface area contributed by atoms with Crippen molar-refractivity contribution in [3.05, 3.63) is 24.0 Å². The first-order valence-corrected chi connectivity index (χ1v) is 7.26. The maximum absolute atomic E-state index is 6.00. The maximum atomic E-state index is 6.00. The van der Waals surface area contributed by atoms with E-state index in [1.807, 2.05) is 19.2 Å². The van der Waals surface area contributed by atoms with E-state index in [1.165, 1.54) is 0 Å². The maximum Gasteiger partial charge on any atom is 0.0731 e. The van der Waals surface area contributed by atoms with Gasteiger partial charge < -0.3 is 15.8 Å². The highest BCUT2D eigenvalue weighted by Gasteiger charge is 2.21. The van der Waals surface area contributed by atoms with Gasteiger partial charge in [0, 0.05) is 30.7 Å². The van der Waals surface area contributed by atoms with E-state index < -0.39 is 0 Å². The average Bonchev–Trinajstić information content (AvgIpc) is 2.40. The highest BCUT2D eigenvalue weighted by atomic mass is 16.5. The van der Waals surface area contributed by atoms with Crippen molar-refractivity contribution in [2.45, 2.75) is 52.2 Å². The molecule has 1 aromatic heterocycles. The molecule has 0 amide bonds. The van der Waals surface area contributed by atoms with Gasteiger partial charge in [0.15, 0.2) is 0 Å². The quantitative estimate of drug-likeness (QED) is 0.720. The molecular formula is C15H27N3O. The van der Waals surface area contributed by atoms with Gasteiger partial charge in [-0.2, -0.15) is 0 Å². The lowest BCUT2D eigenvalue weighted by Crippen LogP contribution is -2.43. The molecule has 3 N–H and O–H groups in total. The van der Waals surface area contributed by atoms with Gasteiger partial charge in [0.2, 0.25) is 0 Å². The highest BCUT2D eigenvalue weighted by molar-refractivity contribution is 5.44. The van der Waals surface area contributed by atoms with E-state index in [-0.39, 0.29) is 12.1 Å². The normalized spacial score (nSPS) is 14.3. The van der Waals surface area contributed by atoms with Gasteiger partial charge >= 0.3 is 0 Å². The van der Waals surface area contributed by atoms with Gasteiger partial charge in [0.25, 0.3) is 0 Å². The number of nitrogen functional groups attached to an aromatic ring is 1. The van der Waals surface area contributed by atoms with Crippen LogP contribution in [0.3, 0.4) is 0 Å². The van der Waals surface area contributed by atoms with Crippen molar-refractivity contribution >= 4 is 5.69 Å². The van der Waals surface area contributed by atoms with Gasteiger partial charge in [0.05, 0.1) is 6.10 Å². The van der Waals surface area contributed by atoms with E-state index >= 15 is 0 Å². The summed E-state index contributed by atoms with van der Waals surface area (Å²) in [6.45, 7) is 8.03. The Morgan fingerprint density at radius 1 is 1.37 bits per heavy atom. The fraction of sp³-hybridized carbons (Fsp3) is 0.667. The molecule has 108 valence electrons. The lowest BCUT2D eigenvalue weighted by atomic mass is 9.98. The fourth-order valence-corrected chi connectivity index (χ4v) is 2.34. The third kappa shape index (κ3) is 5.17. The molecule has 1 heterocycles. The molecule has 4 nitrogen and oxygen atoms in total. The summed E-state index contributed by atoms with van der Waals surface area (Å²) in [5.41, 5.74) is 7.91. The molecule has 1 aromatic rings. The number of nitrogens with zero attached hydrogens (tertiary/aromatic N) is 1. The Morgan fingerprint density at radius 3 is 2.74 bits per heavy atom. The SMILES string of the molecule is CCCC(OCC)C(Cc1cnccc1N)NCC. The van der Waals surface area contributed by atoms with Crippen LogP contribution in [0.5, 0.6) is 0 Å². The Kier molecular flexibility index (Phi) is 7.45. The largest absolute Gasteiger partial charge is 0.398 e. The molecular weight excluding hydrogens is 238 g/mol. The van der Waals surface area contributed by atoms with Gasteiger partial charge in [-0.05, 0) is 37.9 Å². The number of hydrogen-bond donors (Lipinski definition) is 2. The number of likely N-dealkylation sites (N-methyl/N-ethyl adjacent to an activating group) is 1. The van der Waals surface area contributed by atoms with Crippen molar-refractivity contribution in [1.82, 2.24) is 10.3 Å². The topological polar surface area (TPSA) is 60.2 Å². The molecule has 0 spiro atoms. The van der Waals surface area contributed by atoms with Gasteiger partial charge in [-0.3, -0.25) is 4.98 Å². The van der Waals surface area contributed by atoms with Crippen LogP contribution in [-0.2, 0) is 11.2 Å². The van der Waals surface area contributed by atoms with Crippen LogP contribution in [0.15, 0.2) is 18.5 Å². The predicted octanol–water partition coefficient (Wildman–Crippen LogP) is 2.39. The minimum atomic E-state index is 0.231. The van der Waals surface area contributed by atoms with Gasteiger partial charge in [0.1, 0.15) is 0 Å². The van der Waals surface area contributed by atoms with Crippen LogP contribution >= 0.6 is 0 Å². The molecule has 4 heteroatoms. The Hall–Kier alpha value is -1.13. The molecule has 2 unspecified atom stereocenters.